The first-order valence-corrected chi connectivity index (χ1v) is 4.64. The molecule has 0 aliphatic heterocycles. The molecule has 0 spiro atoms. The number of nitrogen functional groups attached to an aromatic ring is 1. The maximum atomic E-state index is 10.7. The summed E-state index contributed by atoms with van der Waals surface area (Å²) < 4.78 is 4.61. The van der Waals surface area contributed by atoms with Gasteiger partial charge >= 0.3 is 6.03 Å². The van der Waals surface area contributed by atoms with Gasteiger partial charge in [0, 0.05) is 5.56 Å². The summed E-state index contributed by atoms with van der Waals surface area (Å²) in [5.41, 5.74) is 10.5. The molecule has 0 fully saturated rings. The number of nitrogens with two attached hydrogens (primary N) is 2. The molecule has 0 radical (unpaired) electrons. The van der Waals surface area contributed by atoms with E-state index in [0.29, 0.717) is 0 Å². The molecule has 0 saturated heterocycles. The van der Waals surface area contributed by atoms with E-state index in [1.54, 1.807) is 0 Å². The quantitative estimate of drug-likeness (QED) is 0.362. The summed E-state index contributed by atoms with van der Waals surface area (Å²) in [6.45, 7) is 0. The minimum atomic E-state index is -0.834. The predicted molar refractivity (Wildman–Crippen MR) is 61.9 cm³/mol. The summed E-state index contributed by atoms with van der Waals surface area (Å²) in [4.78, 5) is 10.7. The van der Waals surface area contributed by atoms with Gasteiger partial charge in [-0.3, -0.25) is 5.41 Å². The largest absolute Gasteiger partial charge is 0.384 e. The van der Waals surface area contributed by atoms with Crippen LogP contribution in [0.2, 0.25) is 5.02 Å². The van der Waals surface area contributed by atoms with E-state index in [-0.39, 0.29) is 27.9 Å². The summed E-state index contributed by atoms with van der Waals surface area (Å²) in [6, 6.07) is 1.94. The third-order valence-electron chi connectivity index (χ3n) is 1.79. The van der Waals surface area contributed by atoms with Crippen molar-refractivity contribution >= 4 is 29.2 Å². The number of amidine groups is 1. The molecule has 8 heteroatoms. The normalized spacial score (nSPS) is 9.18. The lowest BCUT2D eigenvalue weighted by Gasteiger charge is -2.11. The zero-order chi connectivity index (χ0) is 13.0. The maximum absolute atomic E-state index is 10.7. The summed E-state index contributed by atoms with van der Waals surface area (Å²) in [5, 5.41) is 17.9. The van der Waals surface area contributed by atoms with Crippen molar-refractivity contribution in [3.05, 3.63) is 22.7 Å². The topological polar surface area (TPSA) is 138 Å². The molecule has 0 saturated carbocycles. The summed E-state index contributed by atoms with van der Waals surface area (Å²) in [7, 11) is 0. The Kier molecular flexibility index (Phi) is 3.74. The first-order chi connectivity index (χ1) is 7.97. The molecule has 6 N–H and O–H groups in total. The van der Waals surface area contributed by atoms with Gasteiger partial charge in [0.25, 0.3) is 6.26 Å². The van der Waals surface area contributed by atoms with Crippen LogP contribution in [0.25, 0.3) is 0 Å². The number of primary amides is 1. The van der Waals surface area contributed by atoms with Gasteiger partial charge in [-0.15, -0.1) is 5.26 Å². The van der Waals surface area contributed by atoms with Crippen molar-refractivity contribution in [2.24, 2.45) is 11.5 Å². The Morgan fingerprint density at radius 3 is 2.65 bits per heavy atom. The number of nitrogens with zero attached hydrogens (tertiary/aromatic N) is 1. The van der Waals surface area contributed by atoms with Gasteiger partial charge in [0.1, 0.15) is 5.84 Å². The van der Waals surface area contributed by atoms with Crippen molar-refractivity contribution in [3.63, 3.8) is 0 Å². The fourth-order valence-corrected chi connectivity index (χ4v) is 1.45. The minimum Gasteiger partial charge on any atom is -0.384 e. The molecule has 7 nitrogen and oxygen atoms in total. The standard InChI is InChI=1S/C9H8ClN5O2/c10-6-4(8(12)13)1-2-5(15-9(14)16)7(6)17-3-11/h1-2H,(H3,12,13)(H3,14,15,16). The number of amides is 2. The van der Waals surface area contributed by atoms with Crippen LogP contribution in [-0.2, 0) is 0 Å². The second-order valence-electron chi connectivity index (χ2n) is 2.90. The highest BCUT2D eigenvalue weighted by Gasteiger charge is 2.16. The van der Waals surface area contributed by atoms with Crippen molar-refractivity contribution in [3.8, 4) is 12.0 Å². The molecule has 0 atom stereocenters. The monoisotopic (exact) mass is 253 g/mol. The van der Waals surface area contributed by atoms with Crippen molar-refractivity contribution in [2.75, 3.05) is 5.32 Å². The van der Waals surface area contributed by atoms with Crippen LogP contribution < -0.4 is 21.5 Å². The molecular formula is C9H8ClN5O2. The van der Waals surface area contributed by atoms with Gasteiger partial charge in [-0.1, -0.05) is 11.6 Å². The molecular weight excluding hydrogens is 246 g/mol. The number of nitriles is 1. The molecule has 0 heterocycles. The average molecular weight is 254 g/mol. The third kappa shape index (κ3) is 2.76. The van der Waals surface area contributed by atoms with Crippen LogP contribution in [0.1, 0.15) is 5.56 Å². The molecule has 1 aromatic carbocycles. The van der Waals surface area contributed by atoms with Crippen LogP contribution in [0, 0.1) is 16.9 Å². The smallest absolute Gasteiger partial charge is 0.316 e. The van der Waals surface area contributed by atoms with E-state index in [0.717, 1.165) is 0 Å². The van der Waals surface area contributed by atoms with E-state index in [4.69, 9.17) is 33.7 Å². The number of anilines is 1. The number of ether oxygens (including phenoxy) is 1. The maximum Gasteiger partial charge on any atom is 0.316 e. The second-order valence-corrected chi connectivity index (χ2v) is 3.28. The van der Waals surface area contributed by atoms with Crippen LogP contribution in [0.3, 0.4) is 0 Å². The Bertz CT molecular complexity index is 523. The highest BCUT2D eigenvalue weighted by atomic mass is 35.5. The van der Waals surface area contributed by atoms with E-state index in [1.165, 1.54) is 18.4 Å². The third-order valence-corrected chi connectivity index (χ3v) is 2.17. The van der Waals surface area contributed by atoms with Crippen molar-refractivity contribution < 1.29 is 9.53 Å². The Morgan fingerprint density at radius 1 is 1.53 bits per heavy atom. The number of carbonyl (C=O) groups excluding carboxylic acids is 1. The van der Waals surface area contributed by atoms with E-state index in [1.807, 2.05) is 0 Å². The number of carbonyl (C=O) groups is 1. The number of benzene rings is 1. The Balaban J connectivity index is 3.34. The molecule has 0 bridgehead atoms. The fraction of sp³-hybridized carbons (Fsp3) is 0. The van der Waals surface area contributed by atoms with Gasteiger partial charge in [0.2, 0.25) is 0 Å². The molecule has 88 valence electrons. The molecule has 1 rings (SSSR count). The van der Waals surface area contributed by atoms with Gasteiger partial charge < -0.3 is 21.5 Å². The average Bonchev–Trinajstić information content (AvgIpc) is 2.22. The van der Waals surface area contributed by atoms with Crippen LogP contribution in [0.5, 0.6) is 5.75 Å². The van der Waals surface area contributed by atoms with E-state index in [9.17, 15) is 4.79 Å². The number of hydrogen-bond acceptors (Lipinski definition) is 4. The van der Waals surface area contributed by atoms with Crippen molar-refractivity contribution in [2.45, 2.75) is 0 Å². The predicted octanol–water partition coefficient (Wildman–Crippen LogP) is 0.975. The lowest BCUT2D eigenvalue weighted by atomic mass is 10.1. The Morgan fingerprint density at radius 2 is 2.18 bits per heavy atom. The summed E-state index contributed by atoms with van der Waals surface area (Å²) in [5.74, 6) is -0.399. The molecule has 0 unspecified atom stereocenters. The second kappa shape index (κ2) is 5.05. The zero-order valence-corrected chi connectivity index (χ0v) is 9.21. The van der Waals surface area contributed by atoms with E-state index in [2.05, 4.69) is 10.1 Å². The van der Waals surface area contributed by atoms with Gasteiger partial charge in [0.15, 0.2) is 5.75 Å². The lowest BCUT2D eigenvalue weighted by molar-refractivity contribution is 0.259. The number of nitrogens with one attached hydrogen (secondary N) is 2. The van der Waals surface area contributed by atoms with Gasteiger partial charge in [-0.2, -0.15) is 0 Å². The van der Waals surface area contributed by atoms with Gasteiger partial charge in [0.05, 0.1) is 10.7 Å². The van der Waals surface area contributed by atoms with Crippen LogP contribution in [0.15, 0.2) is 12.1 Å². The summed E-state index contributed by atoms with van der Waals surface area (Å²) in [6.07, 6.45) is 1.42. The highest BCUT2D eigenvalue weighted by molar-refractivity contribution is 6.36. The molecule has 0 aliphatic rings. The fourth-order valence-electron chi connectivity index (χ4n) is 1.14. The first kappa shape index (κ1) is 12.6. The van der Waals surface area contributed by atoms with Gasteiger partial charge in [-0.25, -0.2) is 4.79 Å². The Labute approximate surface area is 101 Å². The van der Waals surface area contributed by atoms with Crippen LogP contribution >= 0.6 is 11.6 Å². The lowest BCUT2D eigenvalue weighted by Crippen LogP contribution is -2.20. The summed E-state index contributed by atoms with van der Waals surface area (Å²) >= 11 is 5.88. The van der Waals surface area contributed by atoms with Crippen LogP contribution in [0.4, 0.5) is 10.5 Å². The molecule has 0 aromatic heterocycles. The number of halogens is 1. The number of urea groups is 1. The molecule has 17 heavy (non-hydrogen) atoms. The highest BCUT2D eigenvalue weighted by Crippen LogP contribution is 2.35. The van der Waals surface area contributed by atoms with E-state index >= 15 is 0 Å². The zero-order valence-electron chi connectivity index (χ0n) is 8.45. The molecule has 2 amide bonds. The number of hydrogen-bond donors (Lipinski definition) is 4. The van der Waals surface area contributed by atoms with Crippen LogP contribution in [-0.4, -0.2) is 11.9 Å². The SMILES string of the molecule is N#COc1c(NC(N)=O)ccc(C(=N)N)c1Cl. The van der Waals surface area contributed by atoms with Crippen molar-refractivity contribution in [1.29, 1.82) is 10.7 Å². The molecule has 0 aliphatic carbocycles. The van der Waals surface area contributed by atoms with Gasteiger partial charge in [-0.05, 0) is 12.1 Å². The van der Waals surface area contributed by atoms with E-state index < -0.39 is 6.03 Å². The molecule has 1 aromatic rings. The minimum absolute atomic E-state index is 0.0506. The Hall–Kier alpha value is -2.46. The first-order valence-electron chi connectivity index (χ1n) is 4.26. The van der Waals surface area contributed by atoms with Crippen molar-refractivity contribution in [1.82, 2.24) is 0 Å². The number of rotatable bonds is 3.